The van der Waals surface area contributed by atoms with E-state index in [1.807, 2.05) is 48.8 Å². The monoisotopic (exact) mass is 807 g/mol. The van der Waals surface area contributed by atoms with E-state index >= 15 is 0 Å². The molecule has 63 heavy (non-hydrogen) atoms. The van der Waals surface area contributed by atoms with Crippen LogP contribution in [0.4, 0.5) is 17.1 Å². The molecular weight excluding hydrogens is 771 g/mol. The SMILES string of the molecule is c1ccc(-c2ccc(N(c3ccc(-c4ccccc4)cc3)c3cnc(-c4cc(-c5cccc6c5oc5ccccc56)cc(-c5cccc6c5oc5ccccc56)c4)nc3)cc2)cc1. The molecule has 12 aromatic rings. The Morgan fingerprint density at radius 2 is 0.698 bits per heavy atom. The van der Waals surface area contributed by atoms with Crippen LogP contribution in [0.15, 0.2) is 234 Å². The Hall–Kier alpha value is -8.54. The molecule has 0 N–H and O–H groups in total. The highest BCUT2D eigenvalue weighted by Gasteiger charge is 2.19. The van der Waals surface area contributed by atoms with Gasteiger partial charge in [0, 0.05) is 49.6 Å². The van der Waals surface area contributed by atoms with Crippen molar-refractivity contribution >= 4 is 60.9 Å². The molecule has 0 aliphatic carbocycles. The first kappa shape index (κ1) is 36.3. The standard InChI is InChI=1S/C58H37N3O2/c1-3-13-38(14-4-1)40-25-29-45(30-26-40)61(46-31-27-41(28-32-46)39-15-5-2-6-16-39)47-36-59-58(60-37-47)44-34-42(48-19-11-21-52-50-17-7-9-23-54(50)62-56(48)52)33-43(35-44)49-20-12-22-53-51-18-8-10-24-55(51)63-57(49)53/h1-37H. The van der Waals surface area contributed by atoms with Crippen LogP contribution in [0.25, 0.3) is 99.8 Å². The van der Waals surface area contributed by atoms with Gasteiger partial charge >= 0.3 is 0 Å². The quantitative estimate of drug-likeness (QED) is 0.153. The molecule has 0 bridgehead atoms. The van der Waals surface area contributed by atoms with Gasteiger partial charge in [0.15, 0.2) is 5.82 Å². The van der Waals surface area contributed by atoms with Crippen molar-refractivity contribution in [3.8, 4) is 55.9 Å². The highest BCUT2D eigenvalue weighted by molar-refractivity contribution is 6.11. The predicted molar refractivity (Wildman–Crippen MR) is 258 cm³/mol. The Morgan fingerprint density at radius 3 is 1.17 bits per heavy atom. The van der Waals surface area contributed by atoms with Gasteiger partial charge < -0.3 is 13.7 Å². The number of aromatic nitrogens is 2. The molecule has 0 saturated heterocycles. The van der Waals surface area contributed by atoms with Crippen molar-refractivity contribution in [2.24, 2.45) is 0 Å². The summed E-state index contributed by atoms with van der Waals surface area (Å²) in [5, 5.41) is 4.32. The molecule has 5 nitrogen and oxygen atoms in total. The summed E-state index contributed by atoms with van der Waals surface area (Å²) in [6, 6.07) is 73.9. The Bertz CT molecular complexity index is 3380. The van der Waals surface area contributed by atoms with Gasteiger partial charge in [0.25, 0.3) is 0 Å². The lowest BCUT2D eigenvalue weighted by atomic mass is 9.94. The lowest BCUT2D eigenvalue weighted by Crippen LogP contribution is -2.11. The minimum Gasteiger partial charge on any atom is -0.455 e. The molecule has 0 aliphatic rings. The fourth-order valence-corrected chi connectivity index (χ4v) is 8.92. The molecule has 296 valence electrons. The number of fused-ring (bicyclic) bond motifs is 6. The van der Waals surface area contributed by atoms with E-state index in [0.717, 1.165) is 99.9 Å². The first-order chi connectivity index (χ1) is 31.2. The van der Waals surface area contributed by atoms with Crippen LogP contribution in [0.3, 0.4) is 0 Å². The highest BCUT2D eigenvalue weighted by atomic mass is 16.3. The minimum atomic E-state index is 0.606. The number of nitrogens with zero attached hydrogens (tertiary/aromatic N) is 3. The summed E-state index contributed by atoms with van der Waals surface area (Å²) < 4.78 is 13.2. The average molecular weight is 808 g/mol. The fraction of sp³-hybridized carbons (Fsp3) is 0. The van der Waals surface area contributed by atoms with Gasteiger partial charge in [-0.05, 0) is 88.0 Å². The van der Waals surface area contributed by atoms with E-state index < -0.39 is 0 Å². The Kier molecular flexibility index (Phi) is 8.75. The molecule has 0 unspecified atom stereocenters. The zero-order valence-electron chi connectivity index (χ0n) is 34.0. The summed E-state index contributed by atoms with van der Waals surface area (Å²) >= 11 is 0. The van der Waals surface area contributed by atoms with Crippen LogP contribution >= 0.6 is 0 Å². The molecule has 9 aromatic carbocycles. The first-order valence-electron chi connectivity index (χ1n) is 21.1. The zero-order chi connectivity index (χ0) is 41.7. The van der Waals surface area contributed by atoms with Gasteiger partial charge in [-0.25, -0.2) is 9.97 Å². The normalized spacial score (nSPS) is 11.5. The summed E-state index contributed by atoms with van der Waals surface area (Å²) in [6.07, 6.45) is 3.84. The van der Waals surface area contributed by atoms with Crippen LogP contribution in [0.2, 0.25) is 0 Å². The Labute approximate surface area is 363 Å². The number of hydrogen-bond donors (Lipinski definition) is 0. The summed E-state index contributed by atoms with van der Waals surface area (Å²) in [4.78, 5) is 12.4. The molecule has 0 spiro atoms. The molecule has 3 aromatic heterocycles. The Morgan fingerprint density at radius 1 is 0.302 bits per heavy atom. The van der Waals surface area contributed by atoms with E-state index in [1.54, 1.807) is 0 Å². The Balaban J connectivity index is 0.994. The summed E-state index contributed by atoms with van der Waals surface area (Å²) in [5.41, 5.74) is 15.7. The molecule has 3 heterocycles. The molecule has 0 aliphatic heterocycles. The number of anilines is 3. The largest absolute Gasteiger partial charge is 0.455 e. The van der Waals surface area contributed by atoms with E-state index in [9.17, 15) is 0 Å². The fourth-order valence-electron chi connectivity index (χ4n) is 8.92. The molecule has 12 rings (SSSR count). The van der Waals surface area contributed by atoms with Crippen molar-refractivity contribution in [3.63, 3.8) is 0 Å². The lowest BCUT2D eigenvalue weighted by Gasteiger charge is -2.25. The van der Waals surface area contributed by atoms with Crippen molar-refractivity contribution in [3.05, 3.63) is 225 Å². The van der Waals surface area contributed by atoms with Gasteiger partial charge in [0.2, 0.25) is 0 Å². The van der Waals surface area contributed by atoms with Crippen LogP contribution in [0.1, 0.15) is 0 Å². The third-order valence-corrected chi connectivity index (χ3v) is 12.0. The molecule has 0 amide bonds. The minimum absolute atomic E-state index is 0.606. The number of benzene rings is 9. The van der Waals surface area contributed by atoms with Crippen LogP contribution in [0, 0.1) is 0 Å². The van der Waals surface area contributed by atoms with Gasteiger partial charge in [-0.1, -0.05) is 158 Å². The van der Waals surface area contributed by atoms with Gasteiger partial charge in [0.05, 0.1) is 18.1 Å². The van der Waals surface area contributed by atoms with Crippen LogP contribution in [0.5, 0.6) is 0 Å². The number of rotatable bonds is 8. The smallest absolute Gasteiger partial charge is 0.159 e. The molecule has 0 radical (unpaired) electrons. The van der Waals surface area contributed by atoms with Crippen LogP contribution < -0.4 is 4.90 Å². The first-order valence-corrected chi connectivity index (χ1v) is 21.1. The van der Waals surface area contributed by atoms with Crippen molar-refractivity contribution in [1.82, 2.24) is 9.97 Å². The van der Waals surface area contributed by atoms with Crippen molar-refractivity contribution in [2.45, 2.75) is 0 Å². The van der Waals surface area contributed by atoms with Crippen molar-refractivity contribution in [1.29, 1.82) is 0 Å². The molecule has 0 fully saturated rings. The van der Waals surface area contributed by atoms with E-state index in [1.165, 1.54) is 11.1 Å². The molecule has 5 heteroatoms. The number of hydrogen-bond acceptors (Lipinski definition) is 5. The van der Waals surface area contributed by atoms with Gasteiger partial charge in [0.1, 0.15) is 22.3 Å². The summed E-state index contributed by atoms with van der Waals surface area (Å²) in [7, 11) is 0. The van der Waals surface area contributed by atoms with E-state index in [4.69, 9.17) is 18.8 Å². The lowest BCUT2D eigenvalue weighted by molar-refractivity contribution is 0.670. The predicted octanol–water partition coefficient (Wildman–Crippen LogP) is 16.1. The molecule has 0 atom stereocenters. The second-order valence-corrected chi connectivity index (χ2v) is 15.8. The maximum atomic E-state index is 6.58. The third kappa shape index (κ3) is 6.51. The maximum Gasteiger partial charge on any atom is 0.159 e. The van der Waals surface area contributed by atoms with Gasteiger partial charge in [-0.2, -0.15) is 0 Å². The molecular formula is C58H37N3O2. The third-order valence-electron chi connectivity index (χ3n) is 12.0. The number of furan rings is 2. The van der Waals surface area contributed by atoms with Crippen molar-refractivity contribution < 1.29 is 8.83 Å². The van der Waals surface area contributed by atoms with E-state index in [-0.39, 0.29) is 0 Å². The van der Waals surface area contributed by atoms with E-state index in [2.05, 4.69) is 181 Å². The van der Waals surface area contributed by atoms with E-state index in [0.29, 0.717) is 5.82 Å². The summed E-state index contributed by atoms with van der Waals surface area (Å²) in [5.74, 6) is 0.606. The second-order valence-electron chi connectivity index (χ2n) is 15.8. The second kappa shape index (κ2) is 15.2. The average Bonchev–Trinajstić information content (AvgIpc) is 3.94. The molecule has 0 saturated carbocycles. The topological polar surface area (TPSA) is 55.3 Å². The van der Waals surface area contributed by atoms with Crippen molar-refractivity contribution in [2.75, 3.05) is 4.90 Å². The van der Waals surface area contributed by atoms with Gasteiger partial charge in [-0.3, -0.25) is 0 Å². The summed E-state index contributed by atoms with van der Waals surface area (Å²) in [6.45, 7) is 0. The maximum absolute atomic E-state index is 6.58. The van der Waals surface area contributed by atoms with Crippen LogP contribution in [-0.4, -0.2) is 9.97 Å². The number of para-hydroxylation sites is 4. The highest BCUT2D eigenvalue weighted by Crippen LogP contribution is 2.42. The zero-order valence-corrected chi connectivity index (χ0v) is 34.0. The van der Waals surface area contributed by atoms with Crippen LogP contribution in [-0.2, 0) is 0 Å². The van der Waals surface area contributed by atoms with Gasteiger partial charge in [-0.15, -0.1) is 0 Å².